The van der Waals surface area contributed by atoms with Crippen molar-refractivity contribution in [2.75, 3.05) is 25.0 Å². The molecule has 3 heterocycles. The van der Waals surface area contributed by atoms with Gasteiger partial charge in [-0.05, 0) is 33.1 Å². The van der Waals surface area contributed by atoms with Crippen molar-refractivity contribution in [3.05, 3.63) is 23.6 Å². The maximum Gasteiger partial charge on any atom is 0.319 e. The van der Waals surface area contributed by atoms with Crippen LogP contribution in [-0.4, -0.2) is 65.0 Å². The number of aliphatic hydroxyl groups excluding tert-OH is 1. The molecule has 3 N–H and O–H groups in total. The van der Waals surface area contributed by atoms with Gasteiger partial charge < -0.3 is 29.9 Å². The minimum atomic E-state index is -0.625. The third-order valence-corrected chi connectivity index (χ3v) is 5.12. The second-order valence-electron chi connectivity index (χ2n) is 7.25. The Hall–Kier alpha value is -2.39. The van der Waals surface area contributed by atoms with Crippen LogP contribution >= 0.6 is 0 Å². The Morgan fingerprint density at radius 2 is 2.00 bits per heavy atom. The second-order valence-corrected chi connectivity index (χ2v) is 7.25. The number of ether oxygens (including phenoxy) is 1. The molecule has 1 fully saturated rings. The van der Waals surface area contributed by atoms with Gasteiger partial charge in [0.15, 0.2) is 5.76 Å². The number of carbonyl (C=O) groups excluding carboxylic acids is 2. The van der Waals surface area contributed by atoms with E-state index in [0.717, 1.165) is 25.9 Å². The summed E-state index contributed by atoms with van der Waals surface area (Å²) in [5.74, 6) is 0.576. The molecule has 3 atom stereocenters. The molecule has 0 unspecified atom stereocenters. The molecule has 9 heteroatoms. The van der Waals surface area contributed by atoms with Gasteiger partial charge in [0.2, 0.25) is 5.91 Å². The van der Waals surface area contributed by atoms with Crippen molar-refractivity contribution in [3.63, 3.8) is 0 Å². The van der Waals surface area contributed by atoms with Crippen molar-refractivity contribution >= 4 is 17.6 Å². The van der Waals surface area contributed by atoms with Crippen LogP contribution in [-0.2, 0) is 9.53 Å². The standard InChI is InChI=1S/C19H28N4O5/c1-12-18(13(2)28-22-12)21-19(26)20-15-7-6-14(27-16(15)11-24)10-17(25)23-8-4-3-5-9-23/h6-7,14-16,24H,3-5,8-11H2,1-2H3,(H2,20,21,26)/t14-,15-,16-/m0/s1. The Labute approximate surface area is 164 Å². The highest BCUT2D eigenvalue weighted by molar-refractivity contribution is 5.90. The zero-order valence-electron chi connectivity index (χ0n) is 16.3. The zero-order valence-corrected chi connectivity index (χ0v) is 16.3. The molecular weight excluding hydrogens is 364 g/mol. The molecule has 1 saturated heterocycles. The lowest BCUT2D eigenvalue weighted by atomic mass is 10.0. The van der Waals surface area contributed by atoms with Gasteiger partial charge >= 0.3 is 6.03 Å². The van der Waals surface area contributed by atoms with Gasteiger partial charge in [-0.15, -0.1) is 0 Å². The number of piperidine rings is 1. The van der Waals surface area contributed by atoms with Crippen LogP contribution in [0, 0.1) is 13.8 Å². The summed E-state index contributed by atoms with van der Waals surface area (Å²) in [4.78, 5) is 26.6. The number of rotatable bonds is 5. The number of likely N-dealkylation sites (tertiary alicyclic amines) is 1. The molecule has 9 nitrogen and oxygen atoms in total. The number of nitrogens with zero attached hydrogens (tertiary/aromatic N) is 2. The van der Waals surface area contributed by atoms with E-state index in [1.807, 2.05) is 4.90 Å². The van der Waals surface area contributed by atoms with Gasteiger partial charge in [0, 0.05) is 13.1 Å². The molecule has 0 aliphatic carbocycles. The fourth-order valence-electron chi connectivity index (χ4n) is 3.54. The monoisotopic (exact) mass is 392 g/mol. The molecule has 0 aromatic carbocycles. The summed E-state index contributed by atoms with van der Waals surface area (Å²) in [5.41, 5.74) is 1.10. The normalized spacial score (nSPS) is 24.8. The average molecular weight is 392 g/mol. The van der Waals surface area contributed by atoms with E-state index in [0.29, 0.717) is 17.1 Å². The molecule has 0 radical (unpaired) electrons. The Morgan fingerprint density at radius 3 is 2.64 bits per heavy atom. The number of hydrogen-bond acceptors (Lipinski definition) is 6. The minimum absolute atomic E-state index is 0.0635. The molecule has 0 saturated carbocycles. The summed E-state index contributed by atoms with van der Waals surface area (Å²) in [6.45, 7) is 4.76. The van der Waals surface area contributed by atoms with Gasteiger partial charge in [-0.2, -0.15) is 0 Å². The summed E-state index contributed by atoms with van der Waals surface area (Å²) in [6.07, 6.45) is 6.00. The Bertz CT molecular complexity index is 706. The first-order valence-electron chi connectivity index (χ1n) is 9.70. The molecule has 3 rings (SSSR count). The number of carbonyl (C=O) groups is 2. The van der Waals surface area contributed by atoms with Gasteiger partial charge in [-0.1, -0.05) is 17.3 Å². The first-order valence-corrected chi connectivity index (χ1v) is 9.70. The van der Waals surface area contributed by atoms with Crippen LogP contribution in [0.5, 0.6) is 0 Å². The van der Waals surface area contributed by atoms with E-state index < -0.39 is 24.3 Å². The number of aryl methyl sites for hydroxylation is 2. The van der Waals surface area contributed by atoms with Crippen LogP contribution in [0.15, 0.2) is 16.7 Å². The van der Waals surface area contributed by atoms with Crippen LogP contribution in [0.4, 0.5) is 10.5 Å². The lowest BCUT2D eigenvalue weighted by molar-refractivity contribution is -0.136. The van der Waals surface area contributed by atoms with E-state index in [2.05, 4.69) is 15.8 Å². The molecule has 0 spiro atoms. The van der Waals surface area contributed by atoms with Crippen LogP contribution in [0.2, 0.25) is 0 Å². The van der Waals surface area contributed by atoms with Crippen LogP contribution in [0.1, 0.15) is 37.1 Å². The number of anilines is 1. The quantitative estimate of drug-likeness (QED) is 0.654. The number of aliphatic hydroxyl groups is 1. The Morgan fingerprint density at radius 1 is 1.25 bits per heavy atom. The summed E-state index contributed by atoms with van der Waals surface area (Å²) < 4.78 is 10.9. The summed E-state index contributed by atoms with van der Waals surface area (Å²) in [6, 6.07) is -0.958. The predicted octanol–water partition coefficient (Wildman–Crippen LogP) is 1.50. The van der Waals surface area contributed by atoms with E-state index >= 15 is 0 Å². The minimum Gasteiger partial charge on any atom is -0.394 e. The SMILES string of the molecule is Cc1noc(C)c1NC(=O)N[C@H]1C=C[C@@H](CC(=O)N2CCCCC2)O[C@H]1CO. The largest absolute Gasteiger partial charge is 0.394 e. The zero-order chi connectivity index (χ0) is 20.1. The third kappa shape index (κ3) is 4.90. The molecule has 3 amide bonds. The van der Waals surface area contributed by atoms with Gasteiger partial charge in [0.1, 0.15) is 17.5 Å². The summed E-state index contributed by atoms with van der Waals surface area (Å²) in [5, 5.41) is 18.9. The molecular formula is C19H28N4O5. The van der Waals surface area contributed by atoms with E-state index in [1.165, 1.54) is 6.42 Å². The van der Waals surface area contributed by atoms with Gasteiger partial charge in [0.05, 0.1) is 25.2 Å². The van der Waals surface area contributed by atoms with E-state index in [-0.39, 0.29) is 18.9 Å². The first kappa shape index (κ1) is 20.3. The smallest absolute Gasteiger partial charge is 0.319 e. The molecule has 1 aromatic rings. The lowest BCUT2D eigenvalue weighted by Gasteiger charge is -2.33. The van der Waals surface area contributed by atoms with Crippen molar-refractivity contribution in [1.29, 1.82) is 0 Å². The van der Waals surface area contributed by atoms with E-state index in [4.69, 9.17) is 9.26 Å². The number of aromatic nitrogens is 1. The fraction of sp³-hybridized carbons (Fsp3) is 0.632. The predicted molar refractivity (Wildman–Crippen MR) is 102 cm³/mol. The number of urea groups is 1. The highest BCUT2D eigenvalue weighted by Crippen LogP contribution is 2.20. The molecule has 0 bridgehead atoms. The second kappa shape index (κ2) is 9.20. The highest BCUT2D eigenvalue weighted by Gasteiger charge is 2.30. The van der Waals surface area contributed by atoms with E-state index in [9.17, 15) is 14.7 Å². The van der Waals surface area contributed by atoms with Gasteiger partial charge in [-0.3, -0.25) is 4.79 Å². The van der Waals surface area contributed by atoms with E-state index in [1.54, 1.807) is 26.0 Å². The molecule has 1 aromatic heterocycles. The molecule has 28 heavy (non-hydrogen) atoms. The molecule has 2 aliphatic heterocycles. The summed E-state index contributed by atoms with van der Waals surface area (Å²) >= 11 is 0. The average Bonchev–Trinajstić information content (AvgIpc) is 3.01. The topological polar surface area (TPSA) is 117 Å². The Kier molecular flexibility index (Phi) is 6.69. The van der Waals surface area contributed by atoms with Crippen molar-refractivity contribution in [1.82, 2.24) is 15.4 Å². The fourth-order valence-corrected chi connectivity index (χ4v) is 3.54. The maximum absolute atomic E-state index is 12.4. The van der Waals surface area contributed by atoms with Crippen LogP contribution in [0.3, 0.4) is 0 Å². The highest BCUT2D eigenvalue weighted by atomic mass is 16.5. The Balaban J connectivity index is 1.55. The van der Waals surface area contributed by atoms with Gasteiger partial charge in [0.25, 0.3) is 0 Å². The third-order valence-electron chi connectivity index (χ3n) is 5.12. The van der Waals surface area contributed by atoms with Crippen molar-refractivity contribution in [3.8, 4) is 0 Å². The number of nitrogens with one attached hydrogen (secondary N) is 2. The van der Waals surface area contributed by atoms with Gasteiger partial charge in [-0.25, -0.2) is 4.79 Å². The maximum atomic E-state index is 12.4. The lowest BCUT2D eigenvalue weighted by Crippen LogP contribution is -2.50. The van der Waals surface area contributed by atoms with Crippen molar-refractivity contribution < 1.29 is 24.0 Å². The first-order chi connectivity index (χ1) is 13.5. The number of hydrogen-bond donors (Lipinski definition) is 3. The van der Waals surface area contributed by atoms with Crippen molar-refractivity contribution in [2.45, 2.75) is 57.8 Å². The van der Waals surface area contributed by atoms with Crippen LogP contribution < -0.4 is 10.6 Å². The van der Waals surface area contributed by atoms with Crippen molar-refractivity contribution in [2.24, 2.45) is 0 Å². The summed E-state index contributed by atoms with van der Waals surface area (Å²) in [7, 11) is 0. The molecule has 154 valence electrons. The number of amides is 3. The van der Waals surface area contributed by atoms with Crippen LogP contribution in [0.25, 0.3) is 0 Å². The molecule has 2 aliphatic rings.